The Kier molecular flexibility index (Phi) is 7.21. The molecule has 5 nitrogen and oxygen atoms in total. The quantitative estimate of drug-likeness (QED) is 0.519. The summed E-state index contributed by atoms with van der Waals surface area (Å²) in [5.74, 6) is 0.529. The summed E-state index contributed by atoms with van der Waals surface area (Å²) in [5.41, 5.74) is 1.20. The van der Waals surface area contributed by atoms with E-state index in [0.29, 0.717) is 18.1 Å². The molecule has 1 N–H and O–H groups in total. The molecule has 0 aliphatic heterocycles. The van der Waals surface area contributed by atoms with Crippen molar-refractivity contribution >= 4 is 11.6 Å². The van der Waals surface area contributed by atoms with Crippen molar-refractivity contribution < 1.29 is 27.8 Å². The van der Waals surface area contributed by atoms with Gasteiger partial charge in [0.2, 0.25) is 0 Å². The number of ether oxygens (including phenoxy) is 3. The van der Waals surface area contributed by atoms with E-state index in [4.69, 9.17) is 9.47 Å². The predicted octanol–water partition coefficient (Wildman–Crippen LogP) is 5.27. The lowest BCUT2D eigenvalue weighted by atomic mass is 10.2. The number of carbonyl (C=O) groups excluding carboxylic acids is 1. The normalized spacial score (nSPS) is 11.6. The van der Waals surface area contributed by atoms with E-state index in [2.05, 4.69) is 10.1 Å². The van der Waals surface area contributed by atoms with Crippen LogP contribution in [0.4, 0.5) is 14.5 Å². The van der Waals surface area contributed by atoms with Gasteiger partial charge in [-0.1, -0.05) is 42.5 Å². The molecule has 0 bridgehead atoms. The minimum absolute atomic E-state index is 0.118. The molecule has 0 spiro atoms. The van der Waals surface area contributed by atoms with Crippen LogP contribution in [0.5, 0.6) is 17.2 Å². The summed E-state index contributed by atoms with van der Waals surface area (Å²) in [6.07, 6.45) is -0.860. The van der Waals surface area contributed by atoms with Crippen molar-refractivity contribution in [2.75, 3.05) is 5.32 Å². The summed E-state index contributed by atoms with van der Waals surface area (Å²) < 4.78 is 40.7. The van der Waals surface area contributed by atoms with Crippen LogP contribution in [-0.2, 0) is 11.4 Å². The zero-order chi connectivity index (χ0) is 21.3. The van der Waals surface area contributed by atoms with Gasteiger partial charge >= 0.3 is 6.61 Å². The Balaban J connectivity index is 1.54. The Hall–Kier alpha value is -3.61. The van der Waals surface area contributed by atoms with Crippen molar-refractivity contribution in [1.29, 1.82) is 0 Å². The van der Waals surface area contributed by atoms with E-state index >= 15 is 0 Å². The maximum atomic E-state index is 12.5. The molecular formula is C23H21F2NO4. The van der Waals surface area contributed by atoms with Gasteiger partial charge in [-0.3, -0.25) is 4.79 Å². The van der Waals surface area contributed by atoms with Crippen LogP contribution in [0, 0.1) is 0 Å². The molecule has 0 aliphatic rings. The number of rotatable bonds is 9. The molecule has 3 aromatic carbocycles. The van der Waals surface area contributed by atoms with Gasteiger partial charge in [-0.2, -0.15) is 8.78 Å². The molecule has 7 heteroatoms. The van der Waals surface area contributed by atoms with E-state index < -0.39 is 18.6 Å². The fraction of sp³-hybridized carbons (Fsp3) is 0.174. The average Bonchev–Trinajstić information content (AvgIpc) is 2.75. The van der Waals surface area contributed by atoms with Crippen LogP contribution in [0.3, 0.4) is 0 Å². The molecular weight excluding hydrogens is 392 g/mol. The molecule has 1 amide bonds. The number of nitrogens with one attached hydrogen (secondary N) is 1. The number of hydrogen-bond donors (Lipinski definition) is 1. The van der Waals surface area contributed by atoms with Gasteiger partial charge in [0.25, 0.3) is 5.91 Å². The smallest absolute Gasteiger partial charge is 0.387 e. The van der Waals surface area contributed by atoms with Gasteiger partial charge in [0.05, 0.1) is 5.69 Å². The SMILES string of the molecule is CC(Oc1ccc(OCc2ccccc2)cc1)C(=O)Nc1ccccc1OC(F)F. The van der Waals surface area contributed by atoms with Crippen LogP contribution in [0.2, 0.25) is 0 Å². The van der Waals surface area contributed by atoms with Gasteiger partial charge < -0.3 is 19.5 Å². The zero-order valence-corrected chi connectivity index (χ0v) is 16.3. The Morgan fingerprint density at radius 3 is 2.20 bits per heavy atom. The Bertz CT molecular complexity index is 949. The highest BCUT2D eigenvalue weighted by atomic mass is 19.3. The number of carbonyl (C=O) groups is 1. The van der Waals surface area contributed by atoms with Crippen molar-refractivity contribution in [3.05, 3.63) is 84.4 Å². The van der Waals surface area contributed by atoms with E-state index in [-0.39, 0.29) is 11.4 Å². The zero-order valence-electron chi connectivity index (χ0n) is 16.3. The molecule has 30 heavy (non-hydrogen) atoms. The van der Waals surface area contributed by atoms with Gasteiger partial charge in [-0.25, -0.2) is 0 Å². The summed E-state index contributed by atoms with van der Waals surface area (Å²) >= 11 is 0. The lowest BCUT2D eigenvalue weighted by Crippen LogP contribution is -2.30. The Morgan fingerprint density at radius 2 is 1.50 bits per heavy atom. The van der Waals surface area contributed by atoms with Crippen LogP contribution in [-0.4, -0.2) is 18.6 Å². The monoisotopic (exact) mass is 413 g/mol. The van der Waals surface area contributed by atoms with Crippen molar-refractivity contribution in [3.63, 3.8) is 0 Å². The highest BCUT2D eigenvalue weighted by Crippen LogP contribution is 2.26. The fourth-order valence-electron chi connectivity index (χ4n) is 2.62. The topological polar surface area (TPSA) is 56.8 Å². The van der Waals surface area contributed by atoms with Crippen molar-refractivity contribution in [3.8, 4) is 17.2 Å². The van der Waals surface area contributed by atoms with E-state index in [1.54, 1.807) is 37.3 Å². The van der Waals surface area contributed by atoms with E-state index in [1.165, 1.54) is 18.2 Å². The highest BCUT2D eigenvalue weighted by Gasteiger charge is 2.18. The lowest BCUT2D eigenvalue weighted by Gasteiger charge is -2.17. The molecule has 0 radical (unpaired) electrons. The van der Waals surface area contributed by atoms with Gasteiger partial charge in [0, 0.05) is 0 Å². The second-order valence-corrected chi connectivity index (χ2v) is 6.37. The third-order valence-corrected chi connectivity index (χ3v) is 4.12. The number of alkyl halides is 2. The van der Waals surface area contributed by atoms with E-state index in [1.807, 2.05) is 30.3 Å². The Morgan fingerprint density at radius 1 is 0.867 bits per heavy atom. The van der Waals surface area contributed by atoms with Gasteiger partial charge in [-0.15, -0.1) is 0 Å². The number of amides is 1. The van der Waals surface area contributed by atoms with E-state index in [9.17, 15) is 13.6 Å². The number of anilines is 1. The molecule has 0 fully saturated rings. The van der Waals surface area contributed by atoms with Crippen LogP contribution < -0.4 is 19.5 Å². The summed E-state index contributed by atoms with van der Waals surface area (Å²) in [7, 11) is 0. The summed E-state index contributed by atoms with van der Waals surface area (Å²) in [4.78, 5) is 12.4. The molecule has 0 saturated heterocycles. The van der Waals surface area contributed by atoms with Gasteiger partial charge in [-0.05, 0) is 48.9 Å². The fourth-order valence-corrected chi connectivity index (χ4v) is 2.62. The summed E-state index contributed by atoms with van der Waals surface area (Å²) in [6, 6.07) is 22.6. The standard InChI is InChI=1S/C23H21F2NO4/c1-16(22(27)26-20-9-5-6-10-21(20)30-23(24)25)29-19-13-11-18(12-14-19)28-15-17-7-3-2-4-8-17/h2-14,16,23H,15H2,1H3,(H,26,27). The highest BCUT2D eigenvalue weighted by molar-refractivity contribution is 5.95. The average molecular weight is 413 g/mol. The third-order valence-electron chi connectivity index (χ3n) is 4.12. The van der Waals surface area contributed by atoms with Crippen LogP contribution in [0.15, 0.2) is 78.9 Å². The number of hydrogen-bond acceptors (Lipinski definition) is 4. The largest absolute Gasteiger partial charge is 0.489 e. The summed E-state index contributed by atoms with van der Waals surface area (Å²) in [6.45, 7) is -0.981. The minimum atomic E-state index is -2.99. The van der Waals surface area contributed by atoms with Crippen LogP contribution in [0.1, 0.15) is 12.5 Å². The minimum Gasteiger partial charge on any atom is -0.489 e. The number of para-hydroxylation sites is 2. The van der Waals surface area contributed by atoms with Gasteiger partial charge in [0.1, 0.15) is 23.9 Å². The summed E-state index contributed by atoms with van der Waals surface area (Å²) in [5, 5.41) is 2.54. The van der Waals surface area contributed by atoms with Gasteiger partial charge in [0.15, 0.2) is 6.10 Å². The molecule has 0 saturated carbocycles. The molecule has 3 rings (SSSR count). The second kappa shape index (κ2) is 10.2. The first-order valence-corrected chi connectivity index (χ1v) is 9.29. The van der Waals surface area contributed by atoms with Crippen molar-refractivity contribution in [2.24, 2.45) is 0 Å². The number of benzene rings is 3. The van der Waals surface area contributed by atoms with Crippen LogP contribution in [0.25, 0.3) is 0 Å². The first-order valence-electron chi connectivity index (χ1n) is 9.29. The van der Waals surface area contributed by atoms with Crippen molar-refractivity contribution in [1.82, 2.24) is 0 Å². The molecule has 0 aliphatic carbocycles. The molecule has 0 aromatic heterocycles. The molecule has 1 atom stereocenters. The first kappa shape index (κ1) is 21.1. The maximum absolute atomic E-state index is 12.5. The van der Waals surface area contributed by atoms with Crippen molar-refractivity contribution in [2.45, 2.75) is 26.2 Å². The maximum Gasteiger partial charge on any atom is 0.387 e. The number of halogens is 2. The third kappa shape index (κ3) is 6.20. The molecule has 156 valence electrons. The van der Waals surface area contributed by atoms with Crippen LogP contribution >= 0.6 is 0 Å². The Labute approximate surface area is 173 Å². The molecule has 3 aromatic rings. The first-order chi connectivity index (χ1) is 14.5. The lowest BCUT2D eigenvalue weighted by molar-refractivity contribution is -0.122. The van der Waals surface area contributed by atoms with E-state index in [0.717, 1.165) is 5.56 Å². The molecule has 1 unspecified atom stereocenters. The molecule has 0 heterocycles. The predicted molar refractivity (Wildman–Crippen MR) is 109 cm³/mol. The second-order valence-electron chi connectivity index (χ2n) is 6.37.